The Balaban J connectivity index is 2.18. The highest BCUT2D eigenvalue weighted by Crippen LogP contribution is 2.15. The molecule has 0 aliphatic carbocycles. The van der Waals surface area contributed by atoms with E-state index in [2.05, 4.69) is 47.1 Å². The van der Waals surface area contributed by atoms with Crippen molar-refractivity contribution < 1.29 is 0 Å². The van der Waals surface area contributed by atoms with Crippen LogP contribution in [0.5, 0.6) is 0 Å². The first-order chi connectivity index (χ1) is 8.79. The van der Waals surface area contributed by atoms with E-state index in [1.165, 1.54) is 11.1 Å². The SMILES string of the molecule is Cc1ccnc(N(CCCl)Cc2ccccc2)c1. The Labute approximate surface area is 113 Å². The molecule has 1 heterocycles. The van der Waals surface area contributed by atoms with Gasteiger partial charge in [-0.15, -0.1) is 11.6 Å². The van der Waals surface area contributed by atoms with Crippen molar-refractivity contribution in [1.82, 2.24) is 4.98 Å². The molecule has 2 nitrogen and oxygen atoms in total. The lowest BCUT2D eigenvalue weighted by Crippen LogP contribution is -2.25. The summed E-state index contributed by atoms with van der Waals surface area (Å²) in [6.07, 6.45) is 1.84. The molecule has 94 valence electrons. The van der Waals surface area contributed by atoms with Crippen molar-refractivity contribution in [2.75, 3.05) is 17.3 Å². The summed E-state index contributed by atoms with van der Waals surface area (Å²) in [6.45, 7) is 3.71. The summed E-state index contributed by atoms with van der Waals surface area (Å²) in [7, 11) is 0. The molecule has 1 aromatic carbocycles. The molecule has 0 saturated carbocycles. The molecule has 0 amide bonds. The molecule has 1 aromatic heterocycles. The Morgan fingerprint density at radius 3 is 2.61 bits per heavy atom. The van der Waals surface area contributed by atoms with Gasteiger partial charge in [0.25, 0.3) is 0 Å². The minimum absolute atomic E-state index is 0.600. The molecule has 0 fully saturated rings. The molecule has 0 saturated heterocycles. The highest BCUT2D eigenvalue weighted by atomic mass is 35.5. The molecule has 2 rings (SSSR count). The Kier molecular flexibility index (Phi) is 4.59. The van der Waals surface area contributed by atoms with Crippen molar-refractivity contribution in [3.05, 3.63) is 59.8 Å². The van der Waals surface area contributed by atoms with Gasteiger partial charge in [-0.05, 0) is 30.2 Å². The van der Waals surface area contributed by atoms with Crippen LogP contribution in [0.15, 0.2) is 48.7 Å². The molecule has 0 radical (unpaired) electrons. The van der Waals surface area contributed by atoms with Gasteiger partial charge in [-0.25, -0.2) is 4.98 Å². The van der Waals surface area contributed by atoms with E-state index in [1.54, 1.807) is 0 Å². The summed E-state index contributed by atoms with van der Waals surface area (Å²) in [4.78, 5) is 6.63. The third-order valence-corrected chi connectivity index (χ3v) is 2.96. The van der Waals surface area contributed by atoms with Crippen molar-refractivity contribution in [1.29, 1.82) is 0 Å². The number of pyridine rings is 1. The summed E-state index contributed by atoms with van der Waals surface area (Å²) >= 11 is 5.88. The van der Waals surface area contributed by atoms with Crippen LogP contribution in [0.25, 0.3) is 0 Å². The fourth-order valence-corrected chi connectivity index (χ4v) is 2.08. The minimum atomic E-state index is 0.600. The van der Waals surface area contributed by atoms with Crippen molar-refractivity contribution in [3.8, 4) is 0 Å². The first-order valence-electron chi connectivity index (χ1n) is 6.07. The summed E-state index contributed by atoms with van der Waals surface area (Å²) in [5.41, 5.74) is 2.48. The maximum Gasteiger partial charge on any atom is 0.129 e. The molecule has 2 aromatic rings. The summed E-state index contributed by atoms with van der Waals surface area (Å²) < 4.78 is 0. The monoisotopic (exact) mass is 260 g/mol. The Morgan fingerprint density at radius 2 is 1.94 bits per heavy atom. The molecule has 18 heavy (non-hydrogen) atoms. The molecule has 0 aliphatic heterocycles. The average molecular weight is 261 g/mol. The molecule has 0 unspecified atom stereocenters. The first kappa shape index (κ1) is 12.9. The van der Waals surface area contributed by atoms with Gasteiger partial charge >= 0.3 is 0 Å². The quantitative estimate of drug-likeness (QED) is 0.763. The normalized spacial score (nSPS) is 10.3. The number of alkyl halides is 1. The number of aryl methyl sites for hydroxylation is 1. The van der Waals surface area contributed by atoms with Gasteiger partial charge in [0.05, 0.1) is 0 Å². The van der Waals surface area contributed by atoms with E-state index in [0.717, 1.165) is 18.9 Å². The van der Waals surface area contributed by atoms with Gasteiger partial charge in [0.2, 0.25) is 0 Å². The van der Waals surface area contributed by atoms with Crippen LogP contribution in [-0.4, -0.2) is 17.4 Å². The maximum atomic E-state index is 5.88. The minimum Gasteiger partial charge on any atom is -0.351 e. The lowest BCUT2D eigenvalue weighted by molar-refractivity contribution is 0.816. The molecule has 0 N–H and O–H groups in total. The molecule has 3 heteroatoms. The van der Waals surface area contributed by atoms with Gasteiger partial charge in [0.15, 0.2) is 0 Å². The zero-order valence-electron chi connectivity index (χ0n) is 10.5. The fourth-order valence-electron chi connectivity index (χ4n) is 1.87. The first-order valence-corrected chi connectivity index (χ1v) is 6.60. The molecule has 0 aliphatic rings. The van der Waals surface area contributed by atoms with Crippen LogP contribution in [-0.2, 0) is 6.54 Å². The van der Waals surface area contributed by atoms with E-state index in [4.69, 9.17) is 11.6 Å². The van der Waals surface area contributed by atoms with Crippen molar-refractivity contribution in [2.45, 2.75) is 13.5 Å². The van der Waals surface area contributed by atoms with Crippen LogP contribution in [0.4, 0.5) is 5.82 Å². The number of aromatic nitrogens is 1. The van der Waals surface area contributed by atoms with Crippen LogP contribution in [0.2, 0.25) is 0 Å². The number of hydrogen-bond acceptors (Lipinski definition) is 2. The molecule has 0 spiro atoms. The standard InChI is InChI=1S/C15H17ClN2/c1-13-7-9-17-15(11-13)18(10-8-16)12-14-5-3-2-4-6-14/h2-7,9,11H,8,10,12H2,1H3. The maximum absolute atomic E-state index is 5.88. The van der Waals surface area contributed by atoms with E-state index < -0.39 is 0 Å². The van der Waals surface area contributed by atoms with Crippen molar-refractivity contribution in [3.63, 3.8) is 0 Å². The van der Waals surface area contributed by atoms with Crippen LogP contribution in [0.1, 0.15) is 11.1 Å². The zero-order valence-corrected chi connectivity index (χ0v) is 11.3. The van der Waals surface area contributed by atoms with E-state index in [-0.39, 0.29) is 0 Å². The molecule has 0 atom stereocenters. The van der Waals surface area contributed by atoms with E-state index in [9.17, 15) is 0 Å². The van der Waals surface area contributed by atoms with Gasteiger partial charge in [-0.2, -0.15) is 0 Å². The summed E-state index contributed by atoms with van der Waals surface area (Å²) in [6, 6.07) is 14.5. The Morgan fingerprint density at radius 1 is 1.17 bits per heavy atom. The number of hydrogen-bond donors (Lipinski definition) is 0. The second-order valence-corrected chi connectivity index (χ2v) is 4.67. The third kappa shape index (κ3) is 3.47. The number of anilines is 1. The van der Waals surface area contributed by atoms with E-state index >= 15 is 0 Å². The van der Waals surface area contributed by atoms with Crippen LogP contribution >= 0.6 is 11.6 Å². The fraction of sp³-hybridized carbons (Fsp3) is 0.267. The zero-order chi connectivity index (χ0) is 12.8. The number of nitrogens with zero attached hydrogens (tertiary/aromatic N) is 2. The predicted molar refractivity (Wildman–Crippen MR) is 77.2 cm³/mol. The van der Waals surface area contributed by atoms with Gasteiger partial charge in [-0.1, -0.05) is 30.3 Å². The van der Waals surface area contributed by atoms with Crippen LogP contribution in [0, 0.1) is 6.92 Å². The highest BCUT2D eigenvalue weighted by molar-refractivity contribution is 6.18. The molecular formula is C15H17ClN2. The van der Waals surface area contributed by atoms with Crippen molar-refractivity contribution >= 4 is 17.4 Å². The lowest BCUT2D eigenvalue weighted by atomic mass is 10.2. The number of halogens is 1. The van der Waals surface area contributed by atoms with Gasteiger partial charge in [0.1, 0.15) is 5.82 Å². The third-order valence-electron chi connectivity index (χ3n) is 2.80. The van der Waals surface area contributed by atoms with E-state index in [0.29, 0.717) is 5.88 Å². The highest BCUT2D eigenvalue weighted by Gasteiger charge is 2.08. The second kappa shape index (κ2) is 6.41. The summed E-state index contributed by atoms with van der Waals surface area (Å²) in [5, 5.41) is 0. The van der Waals surface area contributed by atoms with Crippen LogP contribution in [0.3, 0.4) is 0 Å². The largest absolute Gasteiger partial charge is 0.351 e. The second-order valence-electron chi connectivity index (χ2n) is 4.29. The predicted octanol–water partition coefficient (Wildman–Crippen LogP) is 3.64. The molecule has 0 bridgehead atoms. The Bertz CT molecular complexity index is 485. The lowest BCUT2D eigenvalue weighted by Gasteiger charge is -2.23. The van der Waals surface area contributed by atoms with Gasteiger partial charge in [-0.3, -0.25) is 0 Å². The van der Waals surface area contributed by atoms with E-state index in [1.807, 2.05) is 18.3 Å². The van der Waals surface area contributed by atoms with Crippen LogP contribution < -0.4 is 4.90 Å². The smallest absolute Gasteiger partial charge is 0.129 e. The van der Waals surface area contributed by atoms with Crippen molar-refractivity contribution in [2.24, 2.45) is 0 Å². The number of rotatable bonds is 5. The average Bonchev–Trinajstić information content (AvgIpc) is 2.39. The van der Waals surface area contributed by atoms with Gasteiger partial charge < -0.3 is 4.90 Å². The van der Waals surface area contributed by atoms with Gasteiger partial charge in [0, 0.05) is 25.2 Å². The topological polar surface area (TPSA) is 16.1 Å². The summed E-state index contributed by atoms with van der Waals surface area (Å²) in [5.74, 6) is 1.59. The Hall–Kier alpha value is -1.54. The number of benzene rings is 1. The molecular weight excluding hydrogens is 244 g/mol.